The largest absolute Gasteiger partial charge is 0.384 e. The lowest BCUT2D eigenvalue weighted by atomic mass is 9.95. The summed E-state index contributed by atoms with van der Waals surface area (Å²) in [6.07, 6.45) is 0.799. The van der Waals surface area contributed by atoms with Crippen LogP contribution in [0.3, 0.4) is 0 Å². The Kier molecular flexibility index (Phi) is 1.96. The number of fused-ring (bicyclic) bond motifs is 1. The van der Waals surface area contributed by atoms with Crippen LogP contribution in [-0.2, 0) is 0 Å². The Morgan fingerprint density at radius 1 is 1.54 bits per heavy atom. The Balaban J connectivity index is 2.60. The average Bonchev–Trinajstić information content (AvgIpc) is 2.12. The van der Waals surface area contributed by atoms with Gasteiger partial charge in [0.25, 0.3) is 0 Å². The second-order valence-corrected chi connectivity index (χ2v) is 3.47. The highest BCUT2D eigenvalue weighted by molar-refractivity contribution is 5.60. The predicted molar refractivity (Wildman–Crippen MR) is 51.2 cm³/mol. The van der Waals surface area contributed by atoms with Crippen molar-refractivity contribution in [2.45, 2.75) is 19.4 Å². The molecule has 0 spiro atoms. The van der Waals surface area contributed by atoms with Crippen molar-refractivity contribution in [1.82, 2.24) is 0 Å². The fourth-order valence-electron chi connectivity index (χ4n) is 1.80. The molecule has 2 rings (SSSR count). The molecule has 1 heterocycles. The molecule has 0 radical (unpaired) electrons. The van der Waals surface area contributed by atoms with Gasteiger partial charge in [0.05, 0.1) is 0 Å². The van der Waals surface area contributed by atoms with Crippen molar-refractivity contribution in [2.75, 3.05) is 11.9 Å². The molecule has 0 aliphatic carbocycles. The minimum absolute atomic E-state index is 0.156. The monoisotopic (exact) mass is 180 g/mol. The molecule has 1 aliphatic rings. The lowest BCUT2D eigenvalue weighted by Crippen LogP contribution is -2.24. The van der Waals surface area contributed by atoms with Crippen LogP contribution in [0.5, 0.6) is 0 Å². The summed E-state index contributed by atoms with van der Waals surface area (Å²) in [4.78, 5) is 0. The zero-order valence-electron chi connectivity index (χ0n) is 7.60. The average molecular weight is 180 g/mol. The summed E-state index contributed by atoms with van der Waals surface area (Å²) >= 11 is 0. The van der Waals surface area contributed by atoms with Gasteiger partial charge in [0.2, 0.25) is 0 Å². The van der Waals surface area contributed by atoms with E-state index in [0.717, 1.165) is 24.2 Å². The van der Waals surface area contributed by atoms with Crippen LogP contribution >= 0.6 is 0 Å². The van der Waals surface area contributed by atoms with E-state index < -0.39 is 0 Å². The van der Waals surface area contributed by atoms with Crippen molar-refractivity contribution in [3.63, 3.8) is 0 Å². The van der Waals surface area contributed by atoms with Gasteiger partial charge in [0.1, 0.15) is 5.82 Å². The number of nitrogens with one attached hydrogen (secondary N) is 1. The SMILES string of the molecule is Cc1ccc(F)c2c1NCCC2N. The molecular formula is C10H13FN2. The van der Waals surface area contributed by atoms with Crippen LogP contribution in [-0.4, -0.2) is 6.54 Å². The van der Waals surface area contributed by atoms with Crippen LogP contribution in [0, 0.1) is 12.7 Å². The summed E-state index contributed by atoms with van der Waals surface area (Å²) in [6.45, 7) is 2.79. The van der Waals surface area contributed by atoms with Crippen LogP contribution in [0.1, 0.15) is 23.6 Å². The van der Waals surface area contributed by atoms with E-state index >= 15 is 0 Å². The number of hydrogen-bond donors (Lipinski definition) is 2. The Hall–Kier alpha value is -1.09. The molecule has 0 saturated carbocycles. The highest BCUT2D eigenvalue weighted by Crippen LogP contribution is 2.32. The molecule has 1 unspecified atom stereocenters. The first kappa shape index (κ1) is 8.51. The van der Waals surface area contributed by atoms with Crippen LogP contribution in [0.25, 0.3) is 0 Å². The molecule has 1 aromatic rings. The molecule has 1 atom stereocenters. The molecule has 70 valence electrons. The van der Waals surface area contributed by atoms with Gasteiger partial charge in [-0.2, -0.15) is 0 Å². The van der Waals surface area contributed by atoms with E-state index in [1.54, 1.807) is 6.07 Å². The maximum Gasteiger partial charge on any atom is 0.130 e. The number of hydrogen-bond acceptors (Lipinski definition) is 2. The van der Waals surface area contributed by atoms with Crippen molar-refractivity contribution >= 4 is 5.69 Å². The third-order valence-electron chi connectivity index (χ3n) is 2.53. The van der Waals surface area contributed by atoms with Gasteiger partial charge >= 0.3 is 0 Å². The van der Waals surface area contributed by atoms with Gasteiger partial charge in [0.15, 0.2) is 0 Å². The zero-order valence-corrected chi connectivity index (χ0v) is 7.60. The molecule has 1 aromatic carbocycles. The molecule has 1 aliphatic heterocycles. The lowest BCUT2D eigenvalue weighted by Gasteiger charge is -2.25. The number of anilines is 1. The molecule has 0 saturated heterocycles. The summed E-state index contributed by atoms with van der Waals surface area (Å²) in [5.74, 6) is -0.194. The molecule has 0 aromatic heterocycles. The van der Waals surface area contributed by atoms with Crippen molar-refractivity contribution < 1.29 is 4.39 Å². The molecule has 0 amide bonds. The van der Waals surface area contributed by atoms with Crippen LogP contribution in [0.15, 0.2) is 12.1 Å². The molecule has 0 fully saturated rings. The Morgan fingerprint density at radius 3 is 3.00 bits per heavy atom. The topological polar surface area (TPSA) is 38.0 Å². The second-order valence-electron chi connectivity index (χ2n) is 3.47. The summed E-state index contributed by atoms with van der Waals surface area (Å²) < 4.78 is 13.4. The molecule has 0 bridgehead atoms. The third kappa shape index (κ3) is 1.29. The highest BCUT2D eigenvalue weighted by atomic mass is 19.1. The number of halogens is 1. The third-order valence-corrected chi connectivity index (χ3v) is 2.53. The summed E-state index contributed by atoms with van der Waals surface area (Å²) in [5.41, 5.74) is 8.43. The number of benzene rings is 1. The highest BCUT2D eigenvalue weighted by Gasteiger charge is 2.21. The quantitative estimate of drug-likeness (QED) is 0.640. The van der Waals surface area contributed by atoms with E-state index in [0.29, 0.717) is 5.56 Å². The Bertz CT molecular complexity index is 336. The van der Waals surface area contributed by atoms with E-state index in [1.165, 1.54) is 6.07 Å². The number of aryl methyl sites for hydroxylation is 1. The maximum atomic E-state index is 13.4. The first-order chi connectivity index (χ1) is 6.20. The summed E-state index contributed by atoms with van der Waals surface area (Å²) in [7, 11) is 0. The van der Waals surface area contributed by atoms with Gasteiger partial charge in [-0.25, -0.2) is 4.39 Å². The second kappa shape index (κ2) is 3.00. The normalized spacial score (nSPS) is 20.7. The van der Waals surface area contributed by atoms with E-state index in [4.69, 9.17) is 5.73 Å². The minimum Gasteiger partial charge on any atom is -0.384 e. The summed E-state index contributed by atoms with van der Waals surface area (Å²) in [6, 6.07) is 3.11. The zero-order chi connectivity index (χ0) is 9.42. The Labute approximate surface area is 76.9 Å². The van der Waals surface area contributed by atoms with Crippen LogP contribution in [0.4, 0.5) is 10.1 Å². The minimum atomic E-state index is -0.194. The van der Waals surface area contributed by atoms with Gasteiger partial charge in [-0.15, -0.1) is 0 Å². The van der Waals surface area contributed by atoms with Crippen molar-refractivity contribution in [2.24, 2.45) is 5.73 Å². The van der Waals surface area contributed by atoms with Gasteiger partial charge in [-0.05, 0) is 25.0 Å². The fraction of sp³-hybridized carbons (Fsp3) is 0.400. The van der Waals surface area contributed by atoms with Crippen molar-refractivity contribution in [3.05, 3.63) is 29.1 Å². The summed E-state index contributed by atoms with van der Waals surface area (Å²) in [5, 5.41) is 3.18. The smallest absolute Gasteiger partial charge is 0.130 e. The van der Waals surface area contributed by atoms with Gasteiger partial charge < -0.3 is 11.1 Å². The fourth-order valence-corrected chi connectivity index (χ4v) is 1.80. The first-order valence-corrected chi connectivity index (χ1v) is 4.48. The molecule has 3 heteroatoms. The first-order valence-electron chi connectivity index (χ1n) is 4.48. The predicted octanol–water partition coefficient (Wildman–Crippen LogP) is 1.95. The molecule has 2 nitrogen and oxygen atoms in total. The van der Waals surface area contributed by atoms with E-state index in [9.17, 15) is 4.39 Å². The van der Waals surface area contributed by atoms with Gasteiger partial charge in [-0.3, -0.25) is 0 Å². The van der Waals surface area contributed by atoms with E-state index in [2.05, 4.69) is 5.32 Å². The van der Waals surface area contributed by atoms with Crippen LogP contribution in [0.2, 0.25) is 0 Å². The standard InChI is InChI=1S/C10H13FN2/c1-6-2-3-7(11)9-8(12)4-5-13-10(6)9/h2-3,8,13H,4-5,12H2,1H3. The van der Waals surface area contributed by atoms with E-state index in [1.807, 2.05) is 6.92 Å². The Morgan fingerprint density at radius 2 is 2.31 bits per heavy atom. The van der Waals surface area contributed by atoms with Gasteiger partial charge in [0, 0.05) is 23.8 Å². The number of nitrogens with two attached hydrogens (primary N) is 1. The molecule has 13 heavy (non-hydrogen) atoms. The van der Waals surface area contributed by atoms with Crippen molar-refractivity contribution in [3.8, 4) is 0 Å². The van der Waals surface area contributed by atoms with Gasteiger partial charge in [-0.1, -0.05) is 6.07 Å². The van der Waals surface area contributed by atoms with Crippen molar-refractivity contribution in [1.29, 1.82) is 0 Å². The number of rotatable bonds is 0. The molecular weight excluding hydrogens is 167 g/mol. The van der Waals surface area contributed by atoms with Crippen LogP contribution < -0.4 is 11.1 Å². The lowest BCUT2D eigenvalue weighted by molar-refractivity contribution is 0.561. The van der Waals surface area contributed by atoms with E-state index in [-0.39, 0.29) is 11.9 Å². The molecule has 3 N–H and O–H groups in total. The maximum absolute atomic E-state index is 13.4.